The van der Waals surface area contributed by atoms with Gasteiger partial charge in [-0.3, -0.25) is 0 Å². The summed E-state index contributed by atoms with van der Waals surface area (Å²) in [5, 5.41) is 27.2. The highest BCUT2D eigenvalue weighted by Crippen LogP contribution is 2.17. The Morgan fingerprint density at radius 2 is 1.50 bits per heavy atom. The maximum absolute atomic E-state index is 9.08. The maximum atomic E-state index is 9.08. The molecule has 1 saturated carbocycles. The van der Waals surface area contributed by atoms with Crippen LogP contribution in [0, 0.1) is 0 Å². The van der Waals surface area contributed by atoms with E-state index in [1.54, 1.807) is 0 Å². The van der Waals surface area contributed by atoms with Gasteiger partial charge in [0.15, 0.2) is 0 Å². The van der Waals surface area contributed by atoms with Gasteiger partial charge in [0.2, 0.25) is 0 Å². The second-order valence-electron chi connectivity index (χ2n) is 2.78. The van der Waals surface area contributed by atoms with E-state index in [2.05, 4.69) is 0 Å². The van der Waals surface area contributed by atoms with Crippen molar-refractivity contribution in [3.8, 4) is 0 Å². The van der Waals surface area contributed by atoms with Crippen molar-refractivity contribution in [1.29, 1.82) is 0 Å². The first-order valence-electron chi connectivity index (χ1n) is 3.42. The number of nitrogens with two attached hydrogens (primary N) is 1. The van der Waals surface area contributed by atoms with Crippen LogP contribution in [-0.4, -0.2) is 39.7 Å². The number of hydrogen-bond donors (Lipinski definition) is 4. The van der Waals surface area contributed by atoms with E-state index < -0.39 is 24.4 Å². The van der Waals surface area contributed by atoms with E-state index in [0.29, 0.717) is 12.8 Å². The molecule has 4 nitrogen and oxygen atoms in total. The van der Waals surface area contributed by atoms with Crippen molar-refractivity contribution in [3.63, 3.8) is 0 Å². The molecular formula is C6H13NO3. The van der Waals surface area contributed by atoms with Crippen LogP contribution in [0.2, 0.25) is 0 Å². The molecule has 1 rings (SSSR count). The maximum Gasteiger partial charge on any atom is 0.0974 e. The molecule has 60 valence electrons. The summed E-state index contributed by atoms with van der Waals surface area (Å²) in [6.07, 6.45) is -1.50. The first-order valence-corrected chi connectivity index (χ1v) is 3.42. The van der Waals surface area contributed by atoms with Gasteiger partial charge in [-0.1, -0.05) is 0 Å². The van der Waals surface area contributed by atoms with E-state index in [1.165, 1.54) is 0 Å². The van der Waals surface area contributed by atoms with E-state index in [9.17, 15) is 0 Å². The van der Waals surface area contributed by atoms with Crippen molar-refractivity contribution in [2.75, 3.05) is 0 Å². The van der Waals surface area contributed by atoms with Crippen molar-refractivity contribution in [1.82, 2.24) is 0 Å². The molecule has 0 amide bonds. The number of hydrogen-bond acceptors (Lipinski definition) is 4. The third-order valence-electron chi connectivity index (χ3n) is 1.99. The fourth-order valence-corrected chi connectivity index (χ4v) is 1.19. The monoisotopic (exact) mass is 147 g/mol. The summed E-state index contributed by atoms with van der Waals surface area (Å²) >= 11 is 0. The molecule has 1 aliphatic rings. The molecule has 0 unspecified atom stereocenters. The lowest BCUT2D eigenvalue weighted by atomic mass is 9.88. The van der Waals surface area contributed by atoms with E-state index in [-0.39, 0.29) is 0 Å². The predicted octanol–water partition coefficient (Wildman–Crippen LogP) is -1.81. The van der Waals surface area contributed by atoms with Crippen LogP contribution in [-0.2, 0) is 0 Å². The smallest absolute Gasteiger partial charge is 0.0974 e. The van der Waals surface area contributed by atoms with Crippen molar-refractivity contribution in [2.45, 2.75) is 37.2 Å². The quantitative estimate of drug-likeness (QED) is 0.325. The van der Waals surface area contributed by atoms with Gasteiger partial charge in [0.25, 0.3) is 0 Å². The van der Waals surface area contributed by atoms with Gasteiger partial charge < -0.3 is 21.1 Å². The zero-order valence-corrected chi connectivity index (χ0v) is 5.64. The Balaban J connectivity index is 2.52. The Hall–Kier alpha value is -0.160. The van der Waals surface area contributed by atoms with E-state index >= 15 is 0 Å². The molecule has 4 heteroatoms. The molecule has 0 aliphatic heterocycles. The average Bonchev–Trinajstić information content (AvgIpc) is 1.93. The van der Waals surface area contributed by atoms with E-state index in [1.807, 2.05) is 0 Å². The molecular weight excluding hydrogens is 134 g/mol. The molecule has 0 spiro atoms. The van der Waals surface area contributed by atoms with Crippen LogP contribution in [0.15, 0.2) is 0 Å². The largest absolute Gasteiger partial charge is 0.391 e. The lowest BCUT2D eigenvalue weighted by molar-refractivity contribution is -0.0645. The molecule has 0 aromatic carbocycles. The highest BCUT2D eigenvalue weighted by atomic mass is 16.3. The second-order valence-corrected chi connectivity index (χ2v) is 2.78. The minimum absolute atomic E-state index is 0.427. The SMILES string of the molecule is N[C@@H]1[C@@H](O)[C@H](O)CC[C@H]1O. The number of aliphatic hydroxyl groups excluding tert-OH is 3. The fourth-order valence-electron chi connectivity index (χ4n) is 1.19. The van der Waals surface area contributed by atoms with Gasteiger partial charge in [0.05, 0.1) is 24.4 Å². The average molecular weight is 147 g/mol. The Morgan fingerprint density at radius 3 is 2.00 bits per heavy atom. The Morgan fingerprint density at radius 1 is 1.00 bits per heavy atom. The topological polar surface area (TPSA) is 86.7 Å². The highest BCUT2D eigenvalue weighted by molar-refractivity contribution is 4.89. The Labute approximate surface area is 59.3 Å². The summed E-state index contributed by atoms with van der Waals surface area (Å²) in [6, 6.07) is -0.691. The molecule has 0 aromatic rings. The second kappa shape index (κ2) is 2.84. The predicted molar refractivity (Wildman–Crippen MR) is 35.2 cm³/mol. The van der Waals surface area contributed by atoms with Crippen molar-refractivity contribution in [3.05, 3.63) is 0 Å². The standard InChI is InChI=1S/C6H13NO3/c7-5-3(8)1-2-4(9)6(5)10/h3-6,8-10H,1-2,7H2/t3-,4-,5+,6+/m1/s1. The fraction of sp³-hybridized carbons (Fsp3) is 1.00. The number of rotatable bonds is 0. The molecule has 10 heavy (non-hydrogen) atoms. The molecule has 0 saturated heterocycles. The van der Waals surface area contributed by atoms with E-state index in [4.69, 9.17) is 21.1 Å². The van der Waals surface area contributed by atoms with Crippen molar-refractivity contribution in [2.24, 2.45) is 5.73 Å². The highest BCUT2D eigenvalue weighted by Gasteiger charge is 2.33. The number of aliphatic hydroxyl groups is 3. The van der Waals surface area contributed by atoms with Crippen LogP contribution in [0.5, 0.6) is 0 Å². The molecule has 0 bridgehead atoms. The van der Waals surface area contributed by atoms with Crippen LogP contribution < -0.4 is 5.73 Å². The minimum atomic E-state index is -0.969. The first kappa shape index (κ1) is 7.94. The molecule has 5 N–H and O–H groups in total. The molecule has 4 atom stereocenters. The van der Waals surface area contributed by atoms with Crippen molar-refractivity contribution >= 4 is 0 Å². The van der Waals surface area contributed by atoms with Gasteiger partial charge in [-0.15, -0.1) is 0 Å². The van der Waals surface area contributed by atoms with Crippen LogP contribution in [0.25, 0.3) is 0 Å². The molecule has 1 fully saturated rings. The lowest BCUT2D eigenvalue weighted by Gasteiger charge is -2.32. The minimum Gasteiger partial charge on any atom is -0.391 e. The van der Waals surface area contributed by atoms with Gasteiger partial charge in [-0.25, -0.2) is 0 Å². The molecule has 0 aromatic heterocycles. The zero-order chi connectivity index (χ0) is 7.72. The summed E-state index contributed by atoms with van der Waals surface area (Å²) in [4.78, 5) is 0. The van der Waals surface area contributed by atoms with Gasteiger partial charge in [-0.2, -0.15) is 0 Å². The Kier molecular flexibility index (Phi) is 2.25. The third-order valence-corrected chi connectivity index (χ3v) is 1.99. The van der Waals surface area contributed by atoms with Crippen LogP contribution in [0.3, 0.4) is 0 Å². The third kappa shape index (κ3) is 1.29. The van der Waals surface area contributed by atoms with Gasteiger partial charge in [0.1, 0.15) is 0 Å². The summed E-state index contributed by atoms with van der Waals surface area (Å²) in [5.41, 5.74) is 5.35. The van der Waals surface area contributed by atoms with Gasteiger partial charge in [-0.05, 0) is 12.8 Å². The molecule has 1 aliphatic carbocycles. The Bertz CT molecular complexity index is 106. The zero-order valence-electron chi connectivity index (χ0n) is 5.64. The van der Waals surface area contributed by atoms with Crippen LogP contribution >= 0.6 is 0 Å². The van der Waals surface area contributed by atoms with Crippen LogP contribution in [0.4, 0.5) is 0 Å². The van der Waals surface area contributed by atoms with Gasteiger partial charge >= 0.3 is 0 Å². The van der Waals surface area contributed by atoms with Gasteiger partial charge in [0, 0.05) is 0 Å². The summed E-state index contributed by atoms with van der Waals surface area (Å²) in [7, 11) is 0. The summed E-state index contributed by atoms with van der Waals surface area (Å²) < 4.78 is 0. The summed E-state index contributed by atoms with van der Waals surface area (Å²) in [5.74, 6) is 0. The van der Waals surface area contributed by atoms with Crippen LogP contribution in [0.1, 0.15) is 12.8 Å². The van der Waals surface area contributed by atoms with E-state index in [0.717, 1.165) is 0 Å². The first-order chi connectivity index (χ1) is 4.63. The molecule has 0 heterocycles. The van der Waals surface area contributed by atoms with Crippen molar-refractivity contribution < 1.29 is 15.3 Å². The lowest BCUT2D eigenvalue weighted by Crippen LogP contribution is -2.54. The molecule has 0 radical (unpaired) electrons. The summed E-state index contributed by atoms with van der Waals surface area (Å²) in [6.45, 7) is 0. The normalized spacial score (nSPS) is 49.2.